The molecule has 0 saturated heterocycles. The van der Waals surface area contributed by atoms with Gasteiger partial charge in [-0.3, -0.25) is 4.55 Å². The SMILES string of the molecule is CCCC(OC(O)CC)S(=O)(=O)O. The summed E-state index contributed by atoms with van der Waals surface area (Å²) in [5.74, 6) is 0. The van der Waals surface area contributed by atoms with Crippen LogP contribution in [0.4, 0.5) is 0 Å². The first-order valence-corrected chi connectivity index (χ1v) is 5.72. The molecule has 5 nitrogen and oxygen atoms in total. The minimum absolute atomic E-state index is 0.176. The van der Waals surface area contributed by atoms with Gasteiger partial charge in [0.1, 0.15) is 0 Å². The van der Waals surface area contributed by atoms with E-state index in [1.165, 1.54) is 0 Å². The summed E-state index contributed by atoms with van der Waals surface area (Å²) in [7, 11) is -4.21. The van der Waals surface area contributed by atoms with Crippen LogP contribution in [0.15, 0.2) is 0 Å². The highest BCUT2D eigenvalue weighted by atomic mass is 32.2. The fourth-order valence-electron chi connectivity index (χ4n) is 0.794. The maximum Gasteiger partial charge on any atom is 0.292 e. The molecule has 0 aromatic heterocycles. The maximum atomic E-state index is 10.7. The van der Waals surface area contributed by atoms with E-state index in [2.05, 4.69) is 0 Å². The van der Waals surface area contributed by atoms with Crippen molar-refractivity contribution in [2.45, 2.75) is 44.8 Å². The second-order valence-electron chi connectivity index (χ2n) is 2.73. The zero-order valence-corrected chi connectivity index (χ0v) is 8.62. The van der Waals surface area contributed by atoms with E-state index < -0.39 is 21.8 Å². The van der Waals surface area contributed by atoms with Crippen LogP contribution in [0.5, 0.6) is 0 Å². The monoisotopic (exact) mass is 212 g/mol. The number of hydrogen-bond donors (Lipinski definition) is 2. The summed E-state index contributed by atoms with van der Waals surface area (Å²) < 4.78 is 34.8. The summed E-state index contributed by atoms with van der Waals surface area (Å²) >= 11 is 0. The second-order valence-corrected chi connectivity index (χ2v) is 4.29. The number of rotatable bonds is 6. The van der Waals surface area contributed by atoms with Gasteiger partial charge in [-0.05, 0) is 12.8 Å². The Hall–Kier alpha value is -0.170. The van der Waals surface area contributed by atoms with Gasteiger partial charge in [-0.1, -0.05) is 20.3 Å². The molecular formula is C7H16O5S. The van der Waals surface area contributed by atoms with Crippen LogP contribution < -0.4 is 0 Å². The van der Waals surface area contributed by atoms with Crippen molar-refractivity contribution < 1.29 is 22.8 Å². The standard InChI is InChI=1S/C7H16O5S/c1-3-5-7(13(9,10)11)12-6(8)4-2/h6-8H,3-5H2,1-2H3,(H,9,10,11). The van der Waals surface area contributed by atoms with Crippen molar-refractivity contribution >= 4 is 10.1 Å². The van der Waals surface area contributed by atoms with E-state index in [4.69, 9.17) is 14.4 Å². The predicted molar refractivity (Wildman–Crippen MR) is 47.6 cm³/mol. The summed E-state index contributed by atoms with van der Waals surface area (Å²) in [5, 5.41) is 9.02. The molecule has 0 aliphatic heterocycles. The molecule has 0 rings (SSSR count). The van der Waals surface area contributed by atoms with Crippen molar-refractivity contribution in [3.05, 3.63) is 0 Å². The molecule has 13 heavy (non-hydrogen) atoms. The first-order valence-electron chi connectivity index (χ1n) is 4.21. The van der Waals surface area contributed by atoms with E-state index in [0.29, 0.717) is 6.42 Å². The Morgan fingerprint density at radius 3 is 2.23 bits per heavy atom. The highest BCUT2D eigenvalue weighted by Gasteiger charge is 2.24. The lowest BCUT2D eigenvalue weighted by Gasteiger charge is -2.17. The molecule has 2 unspecified atom stereocenters. The van der Waals surface area contributed by atoms with Gasteiger partial charge < -0.3 is 9.84 Å². The molecule has 80 valence electrons. The summed E-state index contributed by atoms with van der Waals surface area (Å²) in [6.45, 7) is 3.41. The van der Waals surface area contributed by atoms with E-state index in [-0.39, 0.29) is 12.8 Å². The van der Waals surface area contributed by atoms with Crippen LogP contribution in [-0.4, -0.2) is 29.8 Å². The molecule has 0 aliphatic rings. The molecule has 0 saturated carbocycles. The molecule has 6 heteroatoms. The quantitative estimate of drug-likeness (QED) is 0.501. The highest BCUT2D eigenvalue weighted by Crippen LogP contribution is 2.11. The van der Waals surface area contributed by atoms with Gasteiger partial charge >= 0.3 is 0 Å². The van der Waals surface area contributed by atoms with Crippen molar-refractivity contribution in [3.8, 4) is 0 Å². The molecule has 2 N–H and O–H groups in total. The first kappa shape index (κ1) is 12.8. The molecule has 0 fully saturated rings. The smallest absolute Gasteiger partial charge is 0.292 e. The predicted octanol–water partition coefficient (Wildman–Crippen LogP) is 0.745. The summed E-state index contributed by atoms with van der Waals surface area (Å²) in [6.07, 6.45) is -0.120. The third kappa shape index (κ3) is 5.20. The second kappa shape index (κ2) is 5.54. The minimum atomic E-state index is -4.21. The Morgan fingerprint density at radius 2 is 1.92 bits per heavy atom. The van der Waals surface area contributed by atoms with E-state index >= 15 is 0 Å². The van der Waals surface area contributed by atoms with Crippen LogP contribution in [0.25, 0.3) is 0 Å². The number of aliphatic hydroxyl groups excluding tert-OH is 1. The Morgan fingerprint density at radius 1 is 1.38 bits per heavy atom. The van der Waals surface area contributed by atoms with Gasteiger partial charge in [-0.2, -0.15) is 8.42 Å². The van der Waals surface area contributed by atoms with Crippen LogP contribution in [0.2, 0.25) is 0 Å². The van der Waals surface area contributed by atoms with Gasteiger partial charge in [-0.25, -0.2) is 0 Å². The Balaban J connectivity index is 4.27. The molecule has 0 aromatic rings. The van der Waals surface area contributed by atoms with Crippen molar-refractivity contribution in [1.82, 2.24) is 0 Å². The molecule has 0 heterocycles. The molecule has 0 spiro atoms. The van der Waals surface area contributed by atoms with Crippen molar-refractivity contribution in [3.63, 3.8) is 0 Å². The van der Waals surface area contributed by atoms with Crippen LogP contribution in [0.1, 0.15) is 33.1 Å². The molecule has 0 radical (unpaired) electrons. The maximum absolute atomic E-state index is 10.7. The zero-order chi connectivity index (χ0) is 10.5. The van der Waals surface area contributed by atoms with Crippen LogP contribution in [-0.2, 0) is 14.9 Å². The molecular weight excluding hydrogens is 196 g/mol. The average molecular weight is 212 g/mol. The number of aliphatic hydroxyl groups is 1. The lowest BCUT2D eigenvalue weighted by Crippen LogP contribution is -2.28. The van der Waals surface area contributed by atoms with Crippen molar-refractivity contribution in [2.24, 2.45) is 0 Å². The Labute approximate surface area is 78.5 Å². The number of ether oxygens (including phenoxy) is 1. The third-order valence-corrected chi connectivity index (χ3v) is 2.53. The lowest BCUT2D eigenvalue weighted by atomic mass is 10.3. The van der Waals surface area contributed by atoms with E-state index in [9.17, 15) is 8.42 Å². The minimum Gasteiger partial charge on any atom is -0.368 e. The average Bonchev–Trinajstić information content (AvgIpc) is 2.01. The number of hydrogen-bond acceptors (Lipinski definition) is 4. The zero-order valence-electron chi connectivity index (χ0n) is 7.80. The van der Waals surface area contributed by atoms with E-state index in [1.807, 2.05) is 0 Å². The summed E-state index contributed by atoms with van der Waals surface area (Å²) in [6, 6.07) is 0. The third-order valence-electron chi connectivity index (χ3n) is 1.51. The lowest BCUT2D eigenvalue weighted by molar-refractivity contribution is -0.116. The molecule has 0 bridgehead atoms. The fraction of sp³-hybridized carbons (Fsp3) is 1.00. The molecule has 0 aliphatic carbocycles. The first-order chi connectivity index (χ1) is 5.91. The largest absolute Gasteiger partial charge is 0.368 e. The molecule has 0 aromatic carbocycles. The van der Waals surface area contributed by atoms with E-state index in [0.717, 1.165) is 0 Å². The normalized spacial score (nSPS) is 16.9. The van der Waals surface area contributed by atoms with Gasteiger partial charge in [0.05, 0.1) is 0 Å². The summed E-state index contributed by atoms with van der Waals surface area (Å²) in [4.78, 5) is 0. The van der Waals surface area contributed by atoms with Gasteiger partial charge in [-0.15, -0.1) is 0 Å². The van der Waals surface area contributed by atoms with Gasteiger partial charge in [0.25, 0.3) is 10.1 Å². The van der Waals surface area contributed by atoms with Gasteiger partial charge in [0, 0.05) is 0 Å². The molecule has 0 amide bonds. The van der Waals surface area contributed by atoms with Crippen LogP contribution in [0, 0.1) is 0 Å². The van der Waals surface area contributed by atoms with E-state index in [1.54, 1.807) is 13.8 Å². The Kier molecular flexibility index (Phi) is 5.46. The molecule has 2 atom stereocenters. The highest BCUT2D eigenvalue weighted by molar-refractivity contribution is 7.86. The Bertz CT molecular complexity index is 223. The van der Waals surface area contributed by atoms with Gasteiger partial charge in [0.2, 0.25) is 0 Å². The van der Waals surface area contributed by atoms with Crippen LogP contribution >= 0.6 is 0 Å². The van der Waals surface area contributed by atoms with Gasteiger partial charge in [0.15, 0.2) is 11.7 Å². The summed E-state index contributed by atoms with van der Waals surface area (Å²) in [5.41, 5.74) is -1.31. The topological polar surface area (TPSA) is 83.8 Å². The van der Waals surface area contributed by atoms with Crippen molar-refractivity contribution in [2.75, 3.05) is 0 Å². The van der Waals surface area contributed by atoms with Crippen LogP contribution in [0.3, 0.4) is 0 Å². The van der Waals surface area contributed by atoms with Crippen molar-refractivity contribution in [1.29, 1.82) is 0 Å². The fourth-order valence-corrected chi connectivity index (χ4v) is 1.60.